The number of likely N-dealkylation sites (tertiary alicyclic amines) is 1. The molecular weight excluding hydrogens is 342 g/mol. The van der Waals surface area contributed by atoms with Crippen LogP contribution < -0.4 is 10.2 Å². The summed E-state index contributed by atoms with van der Waals surface area (Å²) in [6.07, 6.45) is 2.48. The van der Waals surface area contributed by atoms with Crippen molar-refractivity contribution in [3.8, 4) is 0 Å². The molecule has 4 nitrogen and oxygen atoms in total. The van der Waals surface area contributed by atoms with Crippen LogP contribution in [0.5, 0.6) is 0 Å². The number of hydrogen-bond donors (Lipinski definition) is 1. The molecule has 0 spiro atoms. The SMILES string of the molecule is CC1CCN(C(CNC(=O)c2ccc(N(C)C)cc2)c2cccs2)CC1. The minimum Gasteiger partial charge on any atom is -0.378 e. The summed E-state index contributed by atoms with van der Waals surface area (Å²) < 4.78 is 0. The molecule has 1 aromatic heterocycles. The van der Waals surface area contributed by atoms with Crippen molar-refractivity contribution in [2.45, 2.75) is 25.8 Å². The van der Waals surface area contributed by atoms with Crippen LogP contribution in [0.2, 0.25) is 0 Å². The Hall–Kier alpha value is -1.85. The van der Waals surface area contributed by atoms with Crippen LogP contribution in [0.25, 0.3) is 0 Å². The molecule has 5 heteroatoms. The van der Waals surface area contributed by atoms with Crippen molar-refractivity contribution in [2.24, 2.45) is 5.92 Å². The Labute approximate surface area is 160 Å². The van der Waals surface area contributed by atoms with E-state index in [4.69, 9.17) is 0 Å². The molecule has 1 atom stereocenters. The number of piperidine rings is 1. The second-order valence-electron chi connectivity index (χ2n) is 7.40. The van der Waals surface area contributed by atoms with Crippen LogP contribution in [0.3, 0.4) is 0 Å². The molecule has 0 saturated carbocycles. The van der Waals surface area contributed by atoms with Gasteiger partial charge in [-0.1, -0.05) is 13.0 Å². The number of nitrogens with zero attached hydrogens (tertiary/aromatic N) is 2. The monoisotopic (exact) mass is 371 g/mol. The minimum atomic E-state index is 0.00207. The van der Waals surface area contributed by atoms with Gasteiger partial charge in [-0.3, -0.25) is 9.69 Å². The standard InChI is InChI=1S/C21H29N3OS/c1-16-10-12-24(13-11-16)19(20-5-4-14-26-20)15-22-21(25)17-6-8-18(9-7-17)23(2)3/h4-9,14,16,19H,10-13,15H2,1-3H3,(H,22,25). The Balaban J connectivity index is 1.64. The number of benzene rings is 1. The zero-order chi connectivity index (χ0) is 18.5. The molecule has 1 aliphatic rings. The molecule has 140 valence electrons. The number of nitrogens with one attached hydrogen (secondary N) is 1. The fourth-order valence-corrected chi connectivity index (χ4v) is 4.29. The molecule has 1 saturated heterocycles. The van der Waals surface area contributed by atoms with Crippen molar-refractivity contribution in [3.05, 3.63) is 52.2 Å². The normalized spacial score (nSPS) is 17.0. The van der Waals surface area contributed by atoms with Gasteiger partial charge in [0.25, 0.3) is 5.91 Å². The van der Waals surface area contributed by atoms with Gasteiger partial charge in [0.2, 0.25) is 0 Å². The maximum Gasteiger partial charge on any atom is 0.251 e. The van der Waals surface area contributed by atoms with E-state index in [2.05, 4.69) is 34.7 Å². The van der Waals surface area contributed by atoms with Crippen LogP contribution in [-0.4, -0.2) is 44.5 Å². The lowest BCUT2D eigenvalue weighted by Crippen LogP contribution is -2.41. The highest BCUT2D eigenvalue weighted by Crippen LogP contribution is 2.29. The molecule has 1 aromatic carbocycles. The third kappa shape index (κ3) is 4.65. The molecule has 0 bridgehead atoms. The summed E-state index contributed by atoms with van der Waals surface area (Å²) >= 11 is 1.78. The Bertz CT molecular complexity index is 689. The van der Waals surface area contributed by atoms with E-state index >= 15 is 0 Å². The zero-order valence-corrected chi connectivity index (χ0v) is 16.8. The summed E-state index contributed by atoms with van der Waals surface area (Å²) in [5.41, 5.74) is 1.81. The van der Waals surface area contributed by atoms with E-state index in [0.717, 1.165) is 24.7 Å². The Morgan fingerprint density at radius 1 is 1.23 bits per heavy atom. The van der Waals surface area contributed by atoms with E-state index in [9.17, 15) is 4.79 Å². The fourth-order valence-electron chi connectivity index (χ4n) is 3.43. The third-order valence-corrected chi connectivity index (χ3v) is 6.21. The Morgan fingerprint density at radius 3 is 2.50 bits per heavy atom. The van der Waals surface area contributed by atoms with Gasteiger partial charge < -0.3 is 10.2 Å². The average molecular weight is 372 g/mol. The van der Waals surface area contributed by atoms with E-state index in [1.807, 2.05) is 43.3 Å². The van der Waals surface area contributed by atoms with Crippen LogP contribution in [0.4, 0.5) is 5.69 Å². The van der Waals surface area contributed by atoms with Crippen LogP contribution >= 0.6 is 11.3 Å². The van der Waals surface area contributed by atoms with Gasteiger partial charge in [0.15, 0.2) is 0 Å². The predicted molar refractivity (Wildman–Crippen MR) is 110 cm³/mol. The van der Waals surface area contributed by atoms with Gasteiger partial charge in [-0.05, 0) is 67.6 Å². The first-order valence-corrected chi connectivity index (χ1v) is 10.3. The molecule has 26 heavy (non-hydrogen) atoms. The second kappa shape index (κ2) is 8.69. The average Bonchev–Trinajstić information content (AvgIpc) is 3.17. The van der Waals surface area contributed by atoms with E-state index in [-0.39, 0.29) is 11.9 Å². The quantitative estimate of drug-likeness (QED) is 0.833. The number of carbonyl (C=O) groups is 1. The first-order valence-electron chi connectivity index (χ1n) is 9.37. The van der Waals surface area contributed by atoms with Crippen LogP contribution in [0.15, 0.2) is 41.8 Å². The lowest BCUT2D eigenvalue weighted by Gasteiger charge is -2.36. The second-order valence-corrected chi connectivity index (χ2v) is 8.38. The molecule has 2 heterocycles. The summed E-state index contributed by atoms with van der Waals surface area (Å²) in [4.78, 5) is 18.5. The van der Waals surface area contributed by atoms with Gasteiger partial charge in [0, 0.05) is 36.8 Å². The molecule has 0 aliphatic carbocycles. The molecule has 1 N–H and O–H groups in total. The number of hydrogen-bond acceptors (Lipinski definition) is 4. The van der Waals surface area contributed by atoms with Crippen molar-refractivity contribution in [3.63, 3.8) is 0 Å². The lowest BCUT2D eigenvalue weighted by atomic mass is 9.97. The highest BCUT2D eigenvalue weighted by Gasteiger charge is 2.25. The fraction of sp³-hybridized carbons (Fsp3) is 0.476. The molecule has 1 aliphatic heterocycles. The topological polar surface area (TPSA) is 35.6 Å². The van der Waals surface area contributed by atoms with Crippen LogP contribution in [-0.2, 0) is 0 Å². The first-order chi connectivity index (χ1) is 12.5. The molecule has 1 unspecified atom stereocenters. The third-order valence-electron chi connectivity index (χ3n) is 5.23. The number of anilines is 1. The van der Waals surface area contributed by atoms with Crippen LogP contribution in [0, 0.1) is 5.92 Å². The highest BCUT2D eigenvalue weighted by molar-refractivity contribution is 7.10. The van der Waals surface area contributed by atoms with Gasteiger partial charge in [-0.15, -0.1) is 11.3 Å². The van der Waals surface area contributed by atoms with Crippen molar-refractivity contribution in [2.75, 3.05) is 38.6 Å². The van der Waals surface area contributed by atoms with Gasteiger partial charge in [0.05, 0.1) is 6.04 Å². The van der Waals surface area contributed by atoms with Gasteiger partial charge in [0.1, 0.15) is 0 Å². The smallest absolute Gasteiger partial charge is 0.251 e. The van der Waals surface area contributed by atoms with Gasteiger partial charge in [-0.25, -0.2) is 0 Å². The largest absolute Gasteiger partial charge is 0.378 e. The van der Waals surface area contributed by atoms with Gasteiger partial charge in [-0.2, -0.15) is 0 Å². The van der Waals surface area contributed by atoms with E-state index in [1.54, 1.807) is 11.3 Å². The predicted octanol–water partition coefficient (Wildman–Crippen LogP) is 4.02. The van der Waals surface area contributed by atoms with E-state index in [1.165, 1.54) is 17.7 Å². The molecule has 0 radical (unpaired) electrons. The zero-order valence-electron chi connectivity index (χ0n) is 15.9. The minimum absolute atomic E-state index is 0.00207. The van der Waals surface area contributed by atoms with Crippen molar-refractivity contribution in [1.29, 1.82) is 0 Å². The van der Waals surface area contributed by atoms with Crippen LogP contribution in [0.1, 0.15) is 41.0 Å². The Morgan fingerprint density at radius 2 is 1.92 bits per heavy atom. The summed E-state index contributed by atoms with van der Waals surface area (Å²) in [5, 5.41) is 5.28. The summed E-state index contributed by atoms with van der Waals surface area (Å²) in [5.74, 6) is 0.808. The molecule has 1 fully saturated rings. The maximum atomic E-state index is 12.6. The first kappa shape index (κ1) is 18.9. The highest BCUT2D eigenvalue weighted by atomic mass is 32.1. The van der Waals surface area contributed by atoms with E-state index < -0.39 is 0 Å². The molecule has 3 rings (SSSR count). The molecule has 2 aromatic rings. The van der Waals surface area contributed by atoms with Crippen molar-refractivity contribution >= 4 is 22.9 Å². The maximum absolute atomic E-state index is 12.6. The number of rotatable bonds is 6. The van der Waals surface area contributed by atoms with Crippen molar-refractivity contribution in [1.82, 2.24) is 10.2 Å². The van der Waals surface area contributed by atoms with E-state index in [0.29, 0.717) is 12.1 Å². The number of thiophene rings is 1. The molecular formula is C21H29N3OS. The molecule has 1 amide bonds. The van der Waals surface area contributed by atoms with Crippen molar-refractivity contribution < 1.29 is 4.79 Å². The van der Waals surface area contributed by atoms with Gasteiger partial charge >= 0.3 is 0 Å². The number of carbonyl (C=O) groups excluding carboxylic acids is 1. The Kier molecular flexibility index (Phi) is 6.33. The summed E-state index contributed by atoms with van der Waals surface area (Å²) in [6, 6.07) is 12.3. The summed E-state index contributed by atoms with van der Waals surface area (Å²) in [7, 11) is 4.00. The lowest BCUT2D eigenvalue weighted by molar-refractivity contribution is 0.0915. The number of amides is 1. The summed E-state index contributed by atoms with van der Waals surface area (Å²) in [6.45, 7) is 5.20.